The molecule has 4 heteroatoms. The van der Waals surface area contributed by atoms with Gasteiger partial charge in [-0.2, -0.15) is 0 Å². The van der Waals surface area contributed by atoms with Crippen molar-refractivity contribution in [1.29, 1.82) is 0 Å². The van der Waals surface area contributed by atoms with Gasteiger partial charge in [0.05, 0.1) is 13.2 Å². The molecule has 0 spiro atoms. The molecule has 53 heavy (non-hydrogen) atoms. The number of carbonyl (C=O) groups is 1. The second-order valence-corrected chi connectivity index (χ2v) is 14.0. The van der Waals surface area contributed by atoms with Crippen LogP contribution in [0, 0.1) is 0 Å². The highest BCUT2D eigenvalue weighted by Gasteiger charge is 2.13. The highest BCUT2D eigenvalue weighted by atomic mass is 16.6. The van der Waals surface area contributed by atoms with Crippen LogP contribution in [0.5, 0.6) is 0 Å². The van der Waals surface area contributed by atoms with E-state index in [0.29, 0.717) is 13.0 Å². The Kier molecular flexibility index (Phi) is 43.2. The van der Waals surface area contributed by atoms with Gasteiger partial charge < -0.3 is 14.6 Å². The molecule has 4 nitrogen and oxygen atoms in total. The predicted octanol–water partition coefficient (Wildman–Crippen LogP) is 14.5. The molecule has 1 atom stereocenters. The summed E-state index contributed by atoms with van der Waals surface area (Å²) >= 11 is 0. The predicted molar refractivity (Wildman–Crippen MR) is 232 cm³/mol. The molecule has 0 fully saturated rings. The van der Waals surface area contributed by atoms with Crippen LogP contribution >= 0.6 is 0 Å². The zero-order valence-electron chi connectivity index (χ0n) is 34.5. The fourth-order valence-electron chi connectivity index (χ4n) is 5.72. The largest absolute Gasteiger partial charge is 0.457 e. The minimum atomic E-state index is -0.558. The van der Waals surface area contributed by atoms with E-state index in [0.717, 1.165) is 89.9 Å². The molecule has 0 bridgehead atoms. The second-order valence-electron chi connectivity index (χ2n) is 14.0. The van der Waals surface area contributed by atoms with Crippen LogP contribution in [0.15, 0.2) is 97.2 Å². The van der Waals surface area contributed by atoms with Crippen LogP contribution in [0.1, 0.15) is 181 Å². The van der Waals surface area contributed by atoms with E-state index in [9.17, 15) is 9.90 Å². The van der Waals surface area contributed by atoms with E-state index in [1.165, 1.54) is 70.6 Å². The molecule has 0 saturated carbocycles. The molecule has 0 aromatic rings. The Bertz CT molecular complexity index is 996. The summed E-state index contributed by atoms with van der Waals surface area (Å²) in [6, 6.07) is 0. The number of esters is 1. The van der Waals surface area contributed by atoms with E-state index >= 15 is 0 Å². The van der Waals surface area contributed by atoms with Gasteiger partial charge in [0.25, 0.3) is 0 Å². The van der Waals surface area contributed by atoms with Crippen molar-refractivity contribution in [3.63, 3.8) is 0 Å². The van der Waals surface area contributed by atoms with Crippen molar-refractivity contribution in [2.75, 3.05) is 19.8 Å². The number of allylic oxidation sites excluding steroid dienone is 16. The smallest absolute Gasteiger partial charge is 0.306 e. The Hall–Kier alpha value is -2.69. The summed E-state index contributed by atoms with van der Waals surface area (Å²) in [6.07, 6.45) is 64.7. The third-order valence-corrected chi connectivity index (χ3v) is 8.90. The van der Waals surface area contributed by atoms with Gasteiger partial charge >= 0.3 is 5.97 Å². The van der Waals surface area contributed by atoms with Crippen LogP contribution in [-0.2, 0) is 14.3 Å². The summed E-state index contributed by atoms with van der Waals surface area (Å²) in [6.45, 7) is 5.04. The summed E-state index contributed by atoms with van der Waals surface area (Å²) in [5, 5.41) is 9.60. The van der Waals surface area contributed by atoms with E-state index in [1.54, 1.807) is 0 Å². The lowest BCUT2D eigenvalue weighted by Crippen LogP contribution is -2.27. The van der Waals surface area contributed by atoms with Crippen molar-refractivity contribution >= 4 is 5.97 Å². The van der Waals surface area contributed by atoms with Crippen LogP contribution in [-0.4, -0.2) is 37.0 Å². The Morgan fingerprint density at radius 3 is 1.19 bits per heavy atom. The molecule has 0 radical (unpaired) electrons. The maximum absolute atomic E-state index is 12.2. The molecule has 1 unspecified atom stereocenters. The number of hydrogen-bond donors (Lipinski definition) is 1. The van der Waals surface area contributed by atoms with Gasteiger partial charge in [-0.25, -0.2) is 0 Å². The van der Waals surface area contributed by atoms with Gasteiger partial charge in [0.1, 0.15) is 6.10 Å². The summed E-state index contributed by atoms with van der Waals surface area (Å²) in [5.74, 6) is -0.218. The molecular weight excluding hydrogens is 653 g/mol. The summed E-state index contributed by atoms with van der Waals surface area (Å²) in [5.41, 5.74) is 0. The van der Waals surface area contributed by atoms with Gasteiger partial charge in [0, 0.05) is 13.0 Å². The Morgan fingerprint density at radius 1 is 0.453 bits per heavy atom. The molecule has 0 aliphatic rings. The molecule has 0 aromatic carbocycles. The fraction of sp³-hybridized carbons (Fsp3) is 0.653. The third-order valence-electron chi connectivity index (χ3n) is 8.90. The van der Waals surface area contributed by atoms with Crippen LogP contribution in [0.4, 0.5) is 0 Å². The topological polar surface area (TPSA) is 55.8 Å². The second kappa shape index (κ2) is 45.5. The molecule has 0 aromatic heterocycles. The van der Waals surface area contributed by atoms with Gasteiger partial charge in [-0.05, 0) is 89.9 Å². The normalized spacial score (nSPS) is 13.3. The number of aliphatic hydroxyl groups is 1. The lowest BCUT2D eigenvalue weighted by atomic mass is 10.0. The Morgan fingerprint density at radius 2 is 0.792 bits per heavy atom. The number of carbonyl (C=O) groups excluding carboxylic acids is 1. The Balaban J connectivity index is 3.50. The molecule has 0 saturated heterocycles. The maximum atomic E-state index is 12.2. The lowest BCUT2D eigenvalue weighted by molar-refractivity contribution is -0.154. The standard InChI is InChI=1S/C49H82O4/c1-3-5-7-9-11-13-15-17-19-21-22-23-24-25-26-27-28-29-30-32-34-36-38-40-42-44-49(51)53-48(46-50)47-52-45-43-41-39-37-35-33-31-20-18-16-14-12-10-8-6-4-2/h5-8,11-14,17-20,22-23,33,35,48,50H,3-4,9-10,15-16,21,24-32,34,36-47H2,1-2H3/b7-5-,8-6-,13-11-,14-12-,19-17-,20-18-,23-22-,35-33-. The van der Waals surface area contributed by atoms with Crippen molar-refractivity contribution < 1.29 is 19.4 Å². The number of unbranched alkanes of at least 4 members (excludes halogenated alkanes) is 15. The Labute approximate surface area is 328 Å². The first-order chi connectivity index (χ1) is 26.2. The lowest BCUT2D eigenvalue weighted by Gasteiger charge is -2.15. The molecule has 0 rings (SSSR count). The molecule has 0 heterocycles. The van der Waals surface area contributed by atoms with Crippen LogP contribution in [0.3, 0.4) is 0 Å². The summed E-state index contributed by atoms with van der Waals surface area (Å²) in [4.78, 5) is 12.2. The van der Waals surface area contributed by atoms with Gasteiger partial charge in [0.2, 0.25) is 0 Å². The quantitative estimate of drug-likeness (QED) is 0.0388. The summed E-state index contributed by atoms with van der Waals surface area (Å²) in [7, 11) is 0. The minimum Gasteiger partial charge on any atom is -0.457 e. The summed E-state index contributed by atoms with van der Waals surface area (Å²) < 4.78 is 11.1. The van der Waals surface area contributed by atoms with Crippen molar-refractivity contribution in [3.05, 3.63) is 97.2 Å². The minimum absolute atomic E-state index is 0.191. The van der Waals surface area contributed by atoms with Crippen molar-refractivity contribution in [1.82, 2.24) is 0 Å². The number of hydrogen-bond acceptors (Lipinski definition) is 4. The van der Waals surface area contributed by atoms with E-state index in [1.807, 2.05) is 0 Å². The van der Waals surface area contributed by atoms with Gasteiger partial charge in [-0.15, -0.1) is 0 Å². The van der Waals surface area contributed by atoms with Crippen LogP contribution in [0.2, 0.25) is 0 Å². The molecular formula is C49H82O4. The number of ether oxygens (including phenoxy) is 2. The molecule has 0 amide bonds. The zero-order chi connectivity index (χ0) is 38.4. The van der Waals surface area contributed by atoms with E-state index in [4.69, 9.17) is 9.47 Å². The monoisotopic (exact) mass is 735 g/mol. The van der Waals surface area contributed by atoms with Crippen LogP contribution < -0.4 is 0 Å². The van der Waals surface area contributed by atoms with Gasteiger partial charge in [0.15, 0.2) is 0 Å². The fourth-order valence-corrected chi connectivity index (χ4v) is 5.72. The number of aliphatic hydroxyl groups excluding tert-OH is 1. The van der Waals surface area contributed by atoms with Crippen molar-refractivity contribution in [3.8, 4) is 0 Å². The average Bonchev–Trinajstić information content (AvgIpc) is 3.16. The zero-order valence-corrected chi connectivity index (χ0v) is 34.5. The van der Waals surface area contributed by atoms with Crippen LogP contribution in [0.25, 0.3) is 0 Å². The molecule has 1 N–H and O–H groups in total. The first-order valence-electron chi connectivity index (χ1n) is 21.8. The molecule has 302 valence electrons. The van der Waals surface area contributed by atoms with Crippen molar-refractivity contribution in [2.45, 2.75) is 187 Å². The molecule has 0 aliphatic carbocycles. The van der Waals surface area contributed by atoms with Crippen molar-refractivity contribution in [2.24, 2.45) is 0 Å². The van der Waals surface area contributed by atoms with E-state index in [2.05, 4.69) is 111 Å². The molecule has 0 aliphatic heterocycles. The maximum Gasteiger partial charge on any atom is 0.306 e. The van der Waals surface area contributed by atoms with E-state index < -0.39 is 6.10 Å². The highest BCUT2D eigenvalue weighted by Crippen LogP contribution is 2.14. The third kappa shape index (κ3) is 43.6. The highest BCUT2D eigenvalue weighted by molar-refractivity contribution is 5.69. The van der Waals surface area contributed by atoms with Gasteiger partial charge in [-0.3, -0.25) is 4.79 Å². The average molecular weight is 735 g/mol. The number of rotatable bonds is 39. The SMILES string of the molecule is CC/C=C\C/C=C\C/C=C\C/C=C\CCCCCCCCCCCCCCC(=O)OC(CO)COCCCCC/C=C\C/C=C\C/C=C\C/C=C\CC. The van der Waals surface area contributed by atoms with E-state index in [-0.39, 0.29) is 19.2 Å². The van der Waals surface area contributed by atoms with Gasteiger partial charge in [-0.1, -0.05) is 182 Å². The first-order valence-corrected chi connectivity index (χ1v) is 21.8. The first kappa shape index (κ1) is 50.3.